The lowest BCUT2D eigenvalue weighted by Gasteiger charge is -2.27. The van der Waals surface area contributed by atoms with Crippen molar-refractivity contribution in [1.29, 1.82) is 0 Å². The van der Waals surface area contributed by atoms with Gasteiger partial charge in [0.2, 0.25) is 11.8 Å². The van der Waals surface area contributed by atoms with Gasteiger partial charge in [-0.1, -0.05) is 29.8 Å². The van der Waals surface area contributed by atoms with Crippen LogP contribution in [0.4, 0.5) is 5.69 Å². The molecular formula is C23H28ClN3O4. The van der Waals surface area contributed by atoms with Crippen molar-refractivity contribution < 1.29 is 19.1 Å². The molecule has 1 aliphatic rings. The first-order valence-corrected chi connectivity index (χ1v) is 10.5. The van der Waals surface area contributed by atoms with Gasteiger partial charge in [0.15, 0.2) is 0 Å². The summed E-state index contributed by atoms with van der Waals surface area (Å²) in [5.74, 6) is 1.06. The highest BCUT2D eigenvalue weighted by Gasteiger charge is 2.30. The Balaban J connectivity index is 1.61. The minimum absolute atomic E-state index is 0.0472. The third kappa shape index (κ3) is 5.68. The summed E-state index contributed by atoms with van der Waals surface area (Å²) in [4.78, 5) is 28.7. The summed E-state index contributed by atoms with van der Waals surface area (Å²) in [5, 5.41) is 3.20. The number of hydrogen-bond acceptors (Lipinski definition) is 5. The first-order chi connectivity index (χ1) is 14.9. The van der Waals surface area contributed by atoms with E-state index in [-0.39, 0.29) is 30.9 Å². The van der Waals surface area contributed by atoms with Crippen LogP contribution < -0.4 is 14.8 Å². The lowest BCUT2D eigenvalue weighted by molar-refractivity contribution is -0.134. The zero-order valence-corrected chi connectivity index (χ0v) is 18.8. The highest BCUT2D eigenvalue weighted by Crippen LogP contribution is 2.38. The molecule has 0 unspecified atom stereocenters. The highest BCUT2D eigenvalue weighted by molar-refractivity contribution is 6.33. The van der Waals surface area contributed by atoms with Gasteiger partial charge in [0, 0.05) is 24.7 Å². The van der Waals surface area contributed by atoms with E-state index >= 15 is 0 Å². The van der Waals surface area contributed by atoms with E-state index in [0.29, 0.717) is 10.7 Å². The second-order valence-electron chi connectivity index (χ2n) is 7.51. The number of nitrogens with one attached hydrogen (secondary N) is 1. The third-order valence-electron chi connectivity index (χ3n) is 5.46. The molecule has 1 fully saturated rings. The van der Waals surface area contributed by atoms with Gasteiger partial charge < -0.3 is 19.7 Å². The molecule has 2 aromatic carbocycles. The SMILES string of the molecule is COc1ccc([C@H]2CCCN2CC(=O)N(C)CC(=O)Nc2ccccc2Cl)c(OC)c1. The van der Waals surface area contributed by atoms with Crippen LogP contribution in [0.15, 0.2) is 42.5 Å². The Bertz CT molecular complexity index is 937. The van der Waals surface area contributed by atoms with E-state index in [2.05, 4.69) is 10.2 Å². The predicted molar refractivity (Wildman–Crippen MR) is 121 cm³/mol. The molecule has 0 aromatic heterocycles. The average molecular weight is 446 g/mol. The number of likely N-dealkylation sites (tertiary alicyclic amines) is 1. The second kappa shape index (κ2) is 10.5. The molecule has 2 amide bonds. The standard InChI is InChI=1S/C23H28ClN3O4/c1-26(14-22(28)25-19-8-5-4-7-18(19)24)23(29)15-27-12-6-9-20(27)17-11-10-16(30-2)13-21(17)31-3/h4-5,7-8,10-11,13,20H,6,9,12,14-15H2,1-3H3,(H,25,28)/t20-/m1/s1. The van der Waals surface area contributed by atoms with Gasteiger partial charge in [-0.2, -0.15) is 0 Å². The second-order valence-corrected chi connectivity index (χ2v) is 7.92. The molecule has 8 heteroatoms. The number of rotatable bonds is 8. The van der Waals surface area contributed by atoms with E-state index < -0.39 is 0 Å². The summed E-state index contributed by atoms with van der Waals surface area (Å²) in [6, 6.07) is 12.8. The number of likely N-dealkylation sites (N-methyl/N-ethyl adjacent to an activating group) is 1. The van der Waals surface area contributed by atoms with Crippen LogP contribution >= 0.6 is 11.6 Å². The van der Waals surface area contributed by atoms with Crippen molar-refractivity contribution in [2.45, 2.75) is 18.9 Å². The van der Waals surface area contributed by atoms with Gasteiger partial charge >= 0.3 is 0 Å². The van der Waals surface area contributed by atoms with Crippen molar-refractivity contribution in [3.05, 3.63) is 53.1 Å². The summed E-state index contributed by atoms with van der Waals surface area (Å²) in [5.41, 5.74) is 1.56. The van der Waals surface area contributed by atoms with Crippen LogP contribution in [0.25, 0.3) is 0 Å². The minimum atomic E-state index is -0.293. The van der Waals surface area contributed by atoms with Crippen LogP contribution in [-0.4, -0.2) is 62.5 Å². The minimum Gasteiger partial charge on any atom is -0.497 e. The molecule has 0 aliphatic carbocycles. The van der Waals surface area contributed by atoms with Crippen LogP contribution in [0.5, 0.6) is 11.5 Å². The van der Waals surface area contributed by atoms with E-state index in [1.54, 1.807) is 45.5 Å². The number of para-hydroxylation sites is 1. The van der Waals surface area contributed by atoms with E-state index in [9.17, 15) is 9.59 Å². The number of ether oxygens (including phenoxy) is 2. The molecule has 1 N–H and O–H groups in total. The summed E-state index contributed by atoms with van der Waals surface area (Å²) in [6.45, 7) is 0.995. The Hall–Kier alpha value is -2.77. The Morgan fingerprint density at radius 3 is 2.68 bits per heavy atom. The molecule has 1 aliphatic heterocycles. The zero-order chi connectivity index (χ0) is 22.4. The molecule has 0 bridgehead atoms. The van der Waals surface area contributed by atoms with Crippen LogP contribution in [0.2, 0.25) is 5.02 Å². The molecule has 1 atom stereocenters. The molecule has 3 rings (SSSR count). The van der Waals surface area contributed by atoms with E-state index in [1.807, 2.05) is 18.2 Å². The number of methoxy groups -OCH3 is 2. The number of hydrogen-bond donors (Lipinski definition) is 1. The van der Waals surface area contributed by atoms with Crippen LogP contribution in [-0.2, 0) is 9.59 Å². The summed E-state index contributed by atoms with van der Waals surface area (Å²) < 4.78 is 10.8. The van der Waals surface area contributed by atoms with Gasteiger partial charge in [-0.25, -0.2) is 0 Å². The van der Waals surface area contributed by atoms with Gasteiger partial charge in [0.25, 0.3) is 0 Å². The summed E-state index contributed by atoms with van der Waals surface area (Å²) >= 11 is 6.08. The molecule has 166 valence electrons. The molecule has 0 spiro atoms. The molecule has 1 saturated heterocycles. The smallest absolute Gasteiger partial charge is 0.244 e. The predicted octanol–water partition coefficient (Wildman–Crippen LogP) is 3.59. The van der Waals surface area contributed by atoms with Crippen LogP contribution in [0.3, 0.4) is 0 Å². The normalized spacial score (nSPS) is 16.1. The van der Waals surface area contributed by atoms with Crippen molar-refractivity contribution in [3.63, 3.8) is 0 Å². The number of anilines is 1. The van der Waals surface area contributed by atoms with Gasteiger partial charge in [-0.05, 0) is 37.6 Å². The maximum Gasteiger partial charge on any atom is 0.244 e. The van der Waals surface area contributed by atoms with Crippen molar-refractivity contribution >= 4 is 29.1 Å². The van der Waals surface area contributed by atoms with E-state index in [0.717, 1.165) is 36.4 Å². The van der Waals surface area contributed by atoms with E-state index in [4.69, 9.17) is 21.1 Å². The highest BCUT2D eigenvalue weighted by atomic mass is 35.5. The Labute approximate surface area is 187 Å². The lowest BCUT2D eigenvalue weighted by Crippen LogP contribution is -2.41. The lowest BCUT2D eigenvalue weighted by atomic mass is 10.0. The van der Waals surface area contributed by atoms with Crippen molar-refractivity contribution in [1.82, 2.24) is 9.80 Å². The molecule has 1 heterocycles. The number of amides is 2. The molecule has 2 aromatic rings. The van der Waals surface area contributed by atoms with Gasteiger partial charge in [-0.3, -0.25) is 14.5 Å². The molecular weight excluding hydrogens is 418 g/mol. The number of halogens is 1. The summed E-state index contributed by atoms with van der Waals surface area (Å²) in [7, 11) is 4.88. The monoisotopic (exact) mass is 445 g/mol. The number of carbonyl (C=O) groups excluding carboxylic acids is 2. The number of benzene rings is 2. The molecule has 0 saturated carbocycles. The van der Waals surface area contributed by atoms with E-state index in [1.165, 1.54) is 4.90 Å². The van der Waals surface area contributed by atoms with Crippen molar-refractivity contribution in [2.24, 2.45) is 0 Å². The zero-order valence-electron chi connectivity index (χ0n) is 18.1. The fourth-order valence-electron chi connectivity index (χ4n) is 3.81. The topological polar surface area (TPSA) is 71.1 Å². The largest absolute Gasteiger partial charge is 0.497 e. The summed E-state index contributed by atoms with van der Waals surface area (Å²) in [6.07, 6.45) is 1.93. The maximum atomic E-state index is 12.8. The maximum absolute atomic E-state index is 12.8. The number of nitrogens with zero attached hydrogens (tertiary/aromatic N) is 2. The Kier molecular flexibility index (Phi) is 7.76. The average Bonchev–Trinajstić information content (AvgIpc) is 3.22. The molecule has 7 nitrogen and oxygen atoms in total. The molecule has 0 radical (unpaired) electrons. The molecule has 31 heavy (non-hydrogen) atoms. The quantitative estimate of drug-likeness (QED) is 0.672. The van der Waals surface area contributed by atoms with Crippen LogP contribution in [0, 0.1) is 0 Å². The Morgan fingerprint density at radius 1 is 1.19 bits per heavy atom. The Morgan fingerprint density at radius 2 is 1.97 bits per heavy atom. The van der Waals surface area contributed by atoms with Crippen LogP contribution in [0.1, 0.15) is 24.4 Å². The van der Waals surface area contributed by atoms with Crippen molar-refractivity contribution in [2.75, 3.05) is 46.2 Å². The fourth-order valence-corrected chi connectivity index (χ4v) is 3.99. The third-order valence-corrected chi connectivity index (χ3v) is 5.79. The van der Waals surface area contributed by atoms with Crippen molar-refractivity contribution in [3.8, 4) is 11.5 Å². The van der Waals surface area contributed by atoms with Gasteiger partial charge in [0.05, 0.1) is 38.0 Å². The first kappa shape index (κ1) is 22.9. The van der Waals surface area contributed by atoms with Gasteiger partial charge in [-0.15, -0.1) is 0 Å². The first-order valence-electron chi connectivity index (χ1n) is 10.2. The van der Waals surface area contributed by atoms with Gasteiger partial charge in [0.1, 0.15) is 11.5 Å². The number of carbonyl (C=O) groups is 2. The fraction of sp³-hybridized carbons (Fsp3) is 0.391.